The van der Waals surface area contributed by atoms with Gasteiger partial charge >= 0.3 is 5.69 Å². The number of hydrogen-bond acceptors (Lipinski definition) is 7. The number of nitro groups is 1. The summed E-state index contributed by atoms with van der Waals surface area (Å²) in [6, 6.07) is 15.6. The predicted molar refractivity (Wildman–Crippen MR) is 120 cm³/mol. The van der Waals surface area contributed by atoms with Crippen LogP contribution in [0.2, 0.25) is 5.02 Å². The third kappa shape index (κ3) is 4.49. The molecule has 0 spiro atoms. The van der Waals surface area contributed by atoms with Crippen LogP contribution < -0.4 is 9.80 Å². The molecule has 1 aliphatic rings. The molecule has 2 aromatic carbocycles. The fourth-order valence-corrected chi connectivity index (χ4v) is 4.43. The first-order chi connectivity index (χ1) is 14.5. The molecule has 7 nitrogen and oxygen atoms in total. The number of nitrogens with zero attached hydrogens (tertiary/aromatic N) is 5. The summed E-state index contributed by atoms with van der Waals surface area (Å²) < 4.78 is 0. The van der Waals surface area contributed by atoms with Gasteiger partial charge in [-0.3, -0.25) is 10.1 Å². The van der Waals surface area contributed by atoms with Crippen molar-refractivity contribution < 1.29 is 4.92 Å². The second-order valence-corrected chi connectivity index (χ2v) is 8.48. The van der Waals surface area contributed by atoms with E-state index in [4.69, 9.17) is 11.6 Å². The lowest BCUT2D eigenvalue weighted by molar-refractivity contribution is -0.387. The SMILES string of the molecule is Cc1ccc(Sc2ncnc(N3CCN(c4cccc(Cl)c4)CC3)c2[N+](=O)[O-])cc1. The lowest BCUT2D eigenvalue weighted by Gasteiger charge is -2.36. The maximum Gasteiger partial charge on any atom is 0.343 e. The first-order valence-corrected chi connectivity index (χ1v) is 10.7. The first-order valence-electron chi connectivity index (χ1n) is 9.50. The summed E-state index contributed by atoms with van der Waals surface area (Å²) in [5.74, 6) is 0.371. The van der Waals surface area contributed by atoms with E-state index in [1.165, 1.54) is 18.1 Å². The molecule has 0 unspecified atom stereocenters. The van der Waals surface area contributed by atoms with Gasteiger partial charge < -0.3 is 9.80 Å². The van der Waals surface area contributed by atoms with Crippen LogP contribution in [0.5, 0.6) is 0 Å². The standard InChI is InChI=1S/C21H20ClN5O2S/c1-15-5-7-18(8-6-15)30-21-19(27(28)29)20(23-14-24-21)26-11-9-25(10-12-26)17-4-2-3-16(22)13-17/h2-8,13-14H,9-12H2,1H3. The van der Waals surface area contributed by atoms with E-state index in [1.807, 2.05) is 60.4 Å². The van der Waals surface area contributed by atoms with Crippen molar-refractivity contribution in [2.75, 3.05) is 36.0 Å². The van der Waals surface area contributed by atoms with Crippen LogP contribution in [-0.2, 0) is 0 Å². The number of rotatable bonds is 5. The van der Waals surface area contributed by atoms with Crippen LogP contribution in [0.25, 0.3) is 0 Å². The highest BCUT2D eigenvalue weighted by atomic mass is 35.5. The van der Waals surface area contributed by atoms with E-state index < -0.39 is 0 Å². The minimum Gasteiger partial charge on any atom is -0.368 e. The highest BCUT2D eigenvalue weighted by Gasteiger charge is 2.29. The van der Waals surface area contributed by atoms with Crippen LogP contribution >= 0.6 is 23.4 Å². The van der Waals surface area contributed by atoms with E-state index in [0.29, 0.717) is 29.0 Å². The molecule has 4 rings (SSSR count). The summed E-state index contributed by atoms with van der Waals surface area (Å²) >= 11 is 7.39. The number of piperazine rings is 1. The Bertz CT molecular complexity index is 1060. The molecule has 0 N–H and O–H groups in total. The van der Waals surface area contributed by atoms with E-state index in [9.17, 15) is 10.1 Å². The van der Waals surface area contributed by atoms with Gasteiger partial charge in [-0.25, -0.2) is 9.97 Å². The van der Waals surface area contributed by atoms with Gasteiger partial charge in [0.1, 0.15) is 6.33 Å². The molecule has 1 fully saturated rings. The van der Waals surface area contributed by atoms with Crippen molar-refractivity contribution in [1.82, 2.24) is 9.97 Å². The molecule has 0 radical (unpaired) electrons. The Balaban J connectivity index is 1.55. The Morgan fingerprint density at radius 3 is 2.40 bits per heavy atom. The Morgan fingerprint density at radius 2 is 1.73 bits per heavy atom. The van der Waals surface area contributed by atoms with Crippen molar-refractivity contribution in [3.05, 3.63) is 75.6 Å². The molecule has 1 saturated heterocycles. The van der Waals surface area contributed by atoms with Gasteiger partial charge in [0.2, 0.25) is 5.82 Å². The summed E-state index contributed by atoms with van der Waals surface area (Å²) in [4.78, 5) is 25.1. The molecule has 1 aromatic heterocycles. The number of aryl methyl sites for hydroxylation is 1. The Hall–Kier alpha value is -2.84. The molecule has 2 heterocycles. The summed E-state index contributed by atoms with van der Waals surface area (Å²) in [5.41, 5.74) is 2.14. The molecular weight excluding hydrogens is 422 g/mol. The third-order valence-electron chi connectivity index (χ3n) is 4.94. The van der Waals surface area contributed by atoms with Crippen LogP contribution in [-0.4, -0.2) is 41.1 Å². The van der Waals surface area contributed by atoms with E-state index >= 15 is 0 Å². The Labute approximate surface area is 183 Å². The summed E-state index contributed by atoms with van der Waals surface area (Å²) in [7, 11) is 0. The molecule has 3 aromatic rings. The van der Waals surface area contributed by atoms with Crippen molar-refractivity contribution in [2.24, 2.45) is 0 Å². The number of halogens is 1. The smallest absolute Gasteiger partial charge is 0.343 e. The van der Waals surface area contributed by atoms with E-state index in [-0.39, 0.29) is 10.6 Å². The van der Waals surface area contributed by atoms with Crippen LogP contribution in [0, 0.1) is 17.0 Å². The molecule has 0 aliphatic carbocycles. The van der Waals surface area contributed by atoms with Gasteiger partial charge in [-0.05, 0) is 37.3 Å². The van der Waals surface area contributed by atoms with Crippen LogP contribution in [0.3, 0.4) is 0 Å². The fourth-order valence-electron chi connectivity index (χ4n) is 3.39. The average molecular weight is 442 g/mol. The molecule has 0 bridgehead atoms. The molecule has 30 heavy (non-hydrogen) atoms. The van der Waals surface area contributed by atoms with Crippen LogP contribution in [0.15, 0.2) is 64.8 Å². The lowest BCUT2D eigenvalue weighted by atomic mass is 10.2. The number of hydrogen-bond donors (Lipinski definition) is 0. The van der Waals surface area contributed by atoms with Crippen molar-refractivity contribution in [1.29, 1.82) is 0 Å². The van der Waals surface area contributed by atoms with Gasteiger partial charge in [-0.15, -0.1) is 0 Å². The van der Waals surface area contributed by atoms with Gasteiger partial charge in [-0.1, -0.05) is 47.1 Å². The first kappa shape index (κ1) is 20.4. The zero-order valence-corrected chi connectivity index (χ0v) is 17.9. The van der Waals surface area contributed by atoms with Gasteiger partial charge in [0, 0.05) is 41.8 Å². The van der Waals surface area contributed by atoms with E-state index in [0.717, 1.165) is 29.2 Å². The van der Waals surface area contributed by atoms with Gasteiger partial charge in [0.15, 0.2) is 5.03 Å². The van der Waals surface area contributed by atoms with Crippen molar-refractivity contribution >= 4 is 40.6 Å². The Morgan fingerprint density at radius 1 is 1.03 bits per heavy atom. The van der Waals surface area contributed by atoms with Gasteiger partial charge in [-0.2, -0.15) is 0 Å². The zero-order valence-electron chi connectivity index (χ0n) is 16.4. The minimum atomic E-state index is -0.380. The highest BCUT2D eigenvalue weighted by Crippen LogP contribution is 2.38. The number of aromatic nitrogens is 2. The fraction of sp³-hybridized carbons (Fsp3) is 0.238. The van der Waals surface area contributed by atoms with Crippen LogP contribution in [0.4, 0.5) is 17.2 Å². The van der Waals surface area contributed by atoms with Crippen molar-refractivity contribution in [3.63, 3.8) is 0 Å². The van der Waals surface area contributed by atoms with E-state index in [1.54, 1.807) is 0 Å². The van der Waals surface area contributed by atoms with E-state index in [2.05, 4.69) is 14.9 Å². The second-order valence-electron chi connectivity index (χ2n) is 6.98. The minimum absolute atomic E-state index is 0.0423. The topological polar surface area (TPSA) is 75.4 Å². The largest absolute Gasteiger partial charge is 0.368 e. The monoisotopic (exact) mass is 441 g/mol. The van der Waals surface area contributed by atoms with Crippen molar-refractivity contribution in [3.8, 4) is 0 Å². The quantitative estimate of drug-likeness (QED) is 0.319. The number of anilines is 2. The summed E-state index contributed by atoms with van der Waals surface area (Å²) in [5, 5.41) is 13.0. The molecule has 1 aliphatic heterocycles. The maximum atomic E-state index is 11.9. The maximum absolute atomic E-state index is 11.9. The summed E-state index contributed by atoms with van der Waals surface area (Å²) in [6.45, 7) is 4.70. The lowest BCUT2D eigenvalue weighted by Crippen LogP contribution is -2.47. The molecule has 154 valence electrons. The zero-order chi connectivity index (χ0) is 21.1. The van der Waals surface area contributed by atoms with Gasteiger partial charge in [0.25, 0.3) is 0 Å². The van der Waals surface area contributed by atoms with Crippen LogP contribution in [0.1, 0.15) is 5.56 Å². The molecule has 0 atom stereocenters. The highest BCUT2D eigenvalue weighted by molar-refractivity contribution is 7.99. The third-order valence-corrected chi connectivity index (χ3v) is 6.18. The molecule has 0 amide bonds. The Kier molecular flexibility index (Phi) is 6.06. The molecule has 0 saturated carbocycles. The predicted octanol–water partition coefficient (Wildman–Crippen LogP) is 4.82. The van der Waals surface area contributed by atoms with Gasteiger partial charge in [0.05, 0.1) is 4.92 Å². The van der Waals surface area contributed by atoms with Crippen molar-refractivity contribution in [2.45, 2.75) is 16.8 Å². The normalized spacial score (nSPS) is 14.1. The molecule has 9 heteroatoms. The average Bonchev–Trinajstić information content (AvgIpc) is 2.75. The second kappa shape index (κ2) is 8.89. The summed E-state index contributed by atoms with van der Waals surface area (Å²) in [6.07, 6.45) is 1.40. The molecular formula is C21H20ClN5O2S. The number of benzene rings is 2.